The summed E-state index contributed by atoms with van der Waals surface area (Å²) in [5.41, 5.74) is 2.57. The Kier molecular flexibility index (Phi) is 4.52. The van der Waals surface area contributed by atoms with Gasteiger partial charge in [-0.2, -0.15) is 0 Å². The summed E-state index contributed by atoms with van der Waals surface area (Å²) in [7, 11) is -3.25. The van der Waals surface area contributed by atoms with Crippen molar-refractivity contribution in [3.63, 3.8) is 0 Å². The summed E-state index contributed by atoms with van der Waals surface area (Å²) in [6, 6.07) is 11.5. The van der Waals surface area contributed by atoms with Crippen molar-refractivity contribution in [3.05, 3.63) is 47.2 Å². The van der Waals surface area contributed by atoms with Gasteiger partial charge in [0.1, 0.15) is 5.01 Å². The molecule has 0 amide bonds. The minimum absolute atomic E-state index is 0.414. The van der Waals surface area contributed by atoms with Crippen LogP contribution in [0.25, 0.3) is 21.1 Å². The van der Waals surface area contributed by atoms with Gasteiger partial charge in [-0.05, 0) is 30.5 Å². The molecule has 120 valence electrons. The highest BCUT2D eigenvalue weighted by Gasteiger charge is 2.15. The van der Waals surface area contributed by atoms with Crippen LogP contribution in [-0.2, 0) is 10.0 Å². The smallest absolute Gasteiger partial charge is 0.232 e. The molecule has 0 atom stereocenters. The molecule has 2 heterocycles. The van der Waals surface area contributed by atoms with E-state index in [4.69, 9.17) is 0 Å². The highest BCUT2D eigenvalue weighted by molar-refractivity contribution is 7.92. The number of anilines is 1. The Morgan fingerprint density at radius 2 is 1.87 bits per heavy atom. The second kappa shape index (κ2) is 6.43. The van der Waals surface area contributed by atoms with E-state index in [9.17, 15) is 8.42 Å². The average molecular weight is 365 g/mol. The fourth-order valence-electron chi connectivity index (χ4n) is 2.33. The predicted molar refractivity (Wildman–Crippen MR) is 98.7 cm³/mol. The first kappa shape index (κ1) is 16.2. The van der Waals surface area contributed by atoms with E-state index in [1.54, 1.807) is 22.7 Å². The summed E-state index contributed by atoms with van der Waals surface area (Å²) in [6.45, 7) is 2.24. The van der Waals surface area contributed by atoms with Crippen LogP contribution in [0.1, 0.15) is 6.92 Å². The topological polar surface area (TPSA) is 50.3 Å². The minimum Gasteiger partial charge on any atom is -0.271 e. The molecule has 0 aliphatic carbocycles. The van der Waals surface area contributed by atoms with Crippen LogP contribution in [0.15, 0.2) is 47.2 Å². The fourth-order valence-corrected chi connectivity index (χ4v) is 4.94. The number of thiophene rings is 1. The number of thiazole rings is 1. The zero-order chi connectivity index (χ0) is 16.4. The lowest BCUT2D eigenvalue weighted by Crippen LogP contribution is -2.29. The van der Waals surface area contributed by atoms with Crippen molar-refractivity contribution in [2.24, 2.45) is 0 Å². The lowest BCUT2D eigenvalue weighted by Gasteiger charge is -2.20. The number of hydrogen-bond acceptors (Lipinski definition) is 5. The van der Waals surface area contributed by atoms with Crippen LogP contribution in [0.5, 0.6) is 0 Å². The Balaban J connectivity index is 1.88. The number of rotatable bonds is 5. The molecular weight excluding hydrogens is 348 g/mol. The molecule has 0 fully saturated rings. The molecule has 2 aromatic heterocycles. The number of benzene rings is 1. The molecule has 0 radical (unpaired) electrons. The SMILES string of the molecule is CCN(c1ccc(-c2csc(-c3cccs3)n2)cc1)S(C)(=O)=O. The van der Waals surface area contributed by atoms with Crippen molar-refractivity contribution in [1.29, 1.82) is 0 Å². The maximum absolute atomic E-state index is 11.8. The molecule has 7 heteroatoms. The predicted octanol–water partition coefficient (Wildman–Crippen LogP) is 4.32. The van der Waals surface area contributed by atoms with Crippen molar-refractivity contribution in [2.75, 3.05) is 17.1 Å². The zero-order valence-electron chi connectivity index (χ0n) is 12.8. The maximum Gasteiger partial charge on any atom is 0.232 e. The van der Waals surface area contributed by atoms with E-state index in [2.05, 4.69) is 11.1 Å². The molecule has 0 saturated heterocycles. The Morgan fingerprint density at radius 1 is 1.13 bits per heavy atom. The normalized spacial score (nSPS) is 11.6. The monoisotopic (exact) mass is 364 g/mol. The second-order valence-electron chi connectivity index (χ2n) is 4.99. The van der Waals surface area contributed by atoms with Gasteiger partial charge in [0, 0.05) is 17.5 Å². The molecule has 0 N–H and O–H groups in total. The van der Waals surface area contributed by atoms with E-state index < -0.39 is 10.0 Å². The first-order chi connectivity index (χ1) is 11.0. The van der Waals surface area contributed by atoms with Crippen molar-refractivity contribution >= 4 is 38.4 Å². The maximum atomic E-state index is 11.8. The number of hydrogen-bond donors (Lipinski definition) is 0. The highest BCUT2D eigenvalue weighted by atomic mass is 32.2. The lowest BCUT2D eigenvalue weighted by atomic mass is 10.1. The van der Waals surface area contributed by atoms with E-state index in [-0.39, 0.29) is 0 Å². The van der Waals surface area contributed by atoms with Gasteiger partial charge in [0.2, 0.25) is 10.0 Å². The van der Waals surface area contributed by atoms with Gasteiger partial charge in [0.25, 0.3) is 0 Å². The van der Waals surface area contributed by atoms with Crippen LogP contribution < -0.4 is 4.31 Å². The molecule has 0 saturated carbocycles. The lowest BCUT2D eigenvalue weighted by molar-refractivity contribution is 0.598. The van der Waals surface area contributed by atoms with Gasteiger partial charge in [0.05, 0.1) is 22.5 Å². The van der Waals surface area contributed by atoms with Gasteiger partial charge in [0.15, 0.2) is 0 Å². The standard InChI is InChI=1S/C16H16N2O2S3/c1-3-18(23(2,19)20)13-8-6-12(7-9-13)14-11-22-16(17-14)15-5-4-10-21-15/h4-11H,3H2,1-2H3. The van der Waals surface area contributed by atoms with Gasteiger partial charge in [-0.3, -0.25) is 4.31 Å². The van der Waals surface area contributed by atoms with E-state index in [1.165, 1.54) is 10.6 Å². The summed E-state index contributed by atoms with van der Waals surface area (Å²) in [5.74, 6) is 0. The van der Waals surface area contributed by atoms with E-state index in [1.807, 2.05) is 48.0 Å². The zero-order valence-corrected chi connectivity index (χ0v) is 15.2. The van der Waals surface area contributed by atoms with Crippen LogP contribution in [-0.4, -0.2) is 26.2 Å². The van der Waals surface area contributed by atoms with Crippen LogP contribution >= 0.6 is 22.7 Å². The van der Waals surface area contributed by atoms with Crippen LogP contribution in [0.4, 0.5) is 5.69 Å². The molecule has 4 nitrogen and oxygen atoms in total. The minimum atomic E-state index is -3.25. The molecule has 0 aliphatic rings. The third-order valence-corrected chi connectivity index (χ3v) is 6.53. The molecule has 1 aromatic carbocycles. The van der Waals surface area contributed by atoms with Gasteiger partial charge in [-0.25, -0.2) is 13.4 Å². The summed E-state index contributed by atoms with van der Waals surface area (Å²) in [6.07, 6.45) is 1.22. The molecular formula is C16H16N2O2S3. The Bertz CT molecular complexity index is 882. The molecule has 0 aliphatic heterocycles. The summed E-state index contributed by atoms with van der Waals surface area (Å²) < 4.78 is 24.9. The number of nitrogens with zero attached hydrogens (tertiary/aromatic N) is 2. The highest BCUT2D eigenvalue weighted by Crippen LogP contribution is 2.32. The average Bonchev–Trinajstić information content (AvgIpc) is 3.18. The second-order valence-corrected chi connectivity index (χ2v) is 8.70. The molecule has 0 spiro atoms. The van der Waals surface area contributed by atoms with E-state index in [0.717, 1.165) is 21.1 Å². The Labute approximate surface area is 144 Å². The quantitative estimate of drug-likeness (QED) is 0.677. The Morgan fingerprint density at radius 3 is 2.43 bits per heavy atom. The largest absolute Gasteiger partial charge is 0.271 e. The summed E-state index contributed by atoms with van der Waals surface area (Å²) >= 11 is 3.29. The van der Waals surface area contributed by atoms with Gasteiger partial charge in [-0.15, -0.1) is 22.7 Å². The molecule has 0 unspecified atom stereocenters. The van der Waals surface area contributed by atoms with Gasteiger partial charge in [-0.1, -0.05) is 18.2 Å². The van der Waals surface area contributed by atoms with Gasteiger partial charge >= 0.3 is 0 Å². The van der Waals surface area contributed by atoms with Crippen LogP contribution in [0, 0.1) is 0 Å². The molecule has 0 bridgehead atoms. The number of sulfonamides is 1. The molecule has 3 rings (SSSR count). The third kappa shape index (κ3) is 3.46. The van der Waals surface area contributed by atoms with Crippen LogP contribution in [0.2, 0.25) is 0 Å². The van der Waals surface area contributed by atoms with Crippen molar-refractivity contribution in [3.8, 4) is 21.1 Å². The summed E-state index contributed by atoms with van der Waals surface area (Å²) in [4.78, 5) is 5.82. The van der Waals surface area contributed by atoms with Gasteiger partial charge < -0.3 is 0 Å². The van der Waals surface area contributed by atoms with Crippen molar-refractivity contribution in [2.45, 2.75) is 6.92 Å². The fraction of sp³-hybridized carbons (Fsp3) is 0.188. The third-order valence-electron chi connectivity index (χ3n) is 3.37. The number of aromatic nitrogens is 1. The summed E-state index contributed by atoms with van der Waals surface area (Å²) in [5, 5.41) is 5.07. The van der Waals surface area contributed by atoms with Crippen LogP contribution in [0.3, 0.4) is 0 Å². The van der Waals surface area contributed by atoms with Crippen molar-refractivity contribution < 1.29 is 8.42 Å². The first-order valence-electron chi connectivity index (χ1n) is 7.06. The van der Waals surface area contributed by atoms with E-state index in [0.29, 0.717) is 12.2 Å². The first-order valence-corrected chi connectivity index (χ1v) is 10.7. The Hall–Kier alpha value is -1.70. The molecule has 3 aromatic rings. The van der Waals surface area contributed by atoms with Crippen molar-refractivity contribution in [1.82, 2.24) is 4.98 Å². The van der Waals surface area contributed by atoms with E-state index >= 15 is 0 Å². The molecule has 23 heavy (non-hydrogen) atoms.